The molecule has 4 heteroatoms. The third-order valence-electron chi connectivity index (χ3n) is 3.58. The molecule has 0 fully saturated rings. The summed E-state index contributed by atoms with van der Waals surface area (Å²) in [5.41, 5.74) is 1.66. The molecule has 0 aliphatic rings. The third-order valence-corrected chi connectivity index (χ3v) is 3.85. The Morgan fingerprint density at radius 1 is 1.33 bits per heavy atom. The highest BCUT2D eigenvalue weighted by Gasteiger charge is 2.25. The van der Waals surface area contributed by atoms with Gasteiger partial charge >= 0.3 is 5.97 Å². The Morgan fingerprint density at radius 3 is 2.48 bits per heavy atom. The number of carbonyl (C=O) groups excluding carboxylic acids is 1. The average Bonchev–Trinajstić information content (AvgIpc) is 2.44. The van der Waals surface area contributed by atoms with Crippen LogP contribution in [0.1, 0.15) is 57.3 Å². The van der Waals surface area contributed by atoms with Crippen LogP contribution in [-0.2, 0) is 14.9 Å². The van der Waals surface area contributed by atoms with Crippen molar-refractivity contribution >= 4 is 17.6 Å². The summed E-state index contributed by atoms with van der Waals surface area (Å²) in [4.78, 5) is 11.7. The van der Waals surface area contributed by atoms with Gasteiger partial charge in [-0.2, -0.15) is 0 Å². The molecule has 1 aromatic rings. The number of hydrogen-bond donors (Lipinski definition) is 1. The summed E-state index contributed by atoms with van der Waals surface area (Å²) < 4.78 is 5.01. The Kier molecular flexibility index (Phi) is 7.20. The molecule has 21 heavy (non-hydrogen) atoms. The van der Waals surface area contributed by atoms with E-state index in [0.29, 0.717) is 25.3 Å². The van der Waals surface area contributed by atoms with Gasteiger partial charge in [0.05, 0.1) is 19.1 Å². The molecule has 0 aliphatic carbocycles. The summed E-state index contributed by atoms with van der Waals surface area (Å²) in [6.07, 6.45) is 1.31. The van der Waals surface area contributed by atoms with E-state index < -0.39 is 6.10 Å². The molecule has 0 aromatic heterocycles. The molecule has 0 heterocycles. The number of benzene rings is 1. The van der Waals surface area contributed by atoms with Crippen LogP contribution in [0.2, 0.25) is 0 Å². The molecule has 0 aliphatic heterocycles. The molecule has 1 atom stereocenters. The quantitative estimate of drug-likeness (QED) is 0.583. The third kappa shape index (κ3) is 5.68. The zero-order chi connectivity index (χ0) is 15.9. The molecule has 0 saturated heterocycles. The minimum atomic E-state index is -0.481. The molecular formula is C17H25ClO3. The van der Waals surface area contributed by atoms with E-state index in [9.17, 15) is 9.90 Å². The molecule has 1 rings (SSSR count). The molecular weight excluding hydrogens is 288 g/mol. The second kappa shape index (κ2) is 8.40. The van der Waals surface area contributed by atoms with E-state index in [4.69, 9.17) is 16.3 Å². The first kappa shape index (κ1) is 18.0. The van der Waals surface area contributed by atoms with Crippen molar-refractivity contribution in [1.29, 1.82) is 0 Å². The lowest BCUT2D eigenvalue weighted by Crippen LogP contribution is -2.23. The highest BCUT2D eigenvalue weighted by molar-refractivity contribution is 6.17. The van der Waals surface area contributed by atoms with E-state index in [1.165, 1.54) is 0 Å². The maximum absolute atomic E-state index is 11.7. The fraction of sp³-hybridized carbons (Fsp3) is 0.588. The molecule has 1 unspecified atom stereocenters. The number of ether oxygens (including phenoxy) is 1. The Labute approximate surface area is 132 Å². The Hall–Kier alpha value is -1.06. The molecule has 1 N–H and O–H groups in total. The summed E-state index contributed by atoms with van der Waals surface area (Å²) in [5.74, 6) is 0.371. The predicted molar refractivity (Wildman–Crippen MR) is 85.6 cm³/mol. The maximum Gasteiger partial charge on any atom is 0.306 e. The Balaban J connectivity index is 2.73. The first-order valence-electron chi connectivity index (χ1n) is 7.40. The van der Waals surface area contributed by atoms with Crippen molar-refractivity contribution in [2.24, 2.45) is 0 Å². The van der Waals surface area contributed by atoms with E-state index in [2.05, 4.69) is 0 Å². The van der Waals surface area contributed by atoms with Gasteiger partial charge in [0.15, 0.2) is 0 Å². The van der Waals surface area contributed by atoms with Crippen LogP contribution in [0.5, 0.6) is 0 Å². The molecule has 0 bridgehead atoms. The van der Waals surface area contributed by atoms with E-state index in [-0.39, 0.29) is 11.4 Å². The maximum atomic E-state index is 11.7. The number of carbonyl (C=O) groups is 1. The van der Waals surface area contributed by atoms with Gasteiger partial charge in [0.1, 0.15) is 0 Å². The molecule has 3 nitrogen and oxygen atoms in total. The zero-order valence-corrected chi connectivity index (χ0v) is 13.8. The molecule has 0 amide bonds. The second-order valence-corrected chi connectivity index (χ2v) is 6.21. The number of alkyl halides is 1. The fourth-order valence-corrected chi connectivity index (χ4v) is 2.42. The van der Waals surface area contributed by atoms with Crippen LogP contribution < -0.4 is 0 Å². The van der Waals surface area contributed by atoms with Crippen LogP contribution in [0.3, 0.4) is 0 Å². The van der Waals surface area contributed by atoms with Crippen molar-refractivity contribution < 1.29 is 14.6 Å². The standard InChI is InChI=1S/C17H25ClO3/c1-4-21-16(20)12-17(2,3)14-9-7-13(8-10-14)15(19)6-5-11-18/h7-10,15,19H,4-6,11-12H2,1-3H3. The van der Waals surface area contributed by atoms with Crippen LogP contribution in [0, 0.1) is 0 Å². The summed E-state index contributed by atoms with van der Waals surface area (Å²) in [6, 6.07) is 7.78. The molecule has 0 spiro atoms. The highest BCUT2D eigenvalue weighted by Crippen LogP contribution is 2.29. The fourth-order valence-electron chi connectivity index (χ4n) is 2.27. The monoisotopic (exact) mass is 312 g/mol. The largest absolute Gasteiger partial charge is 0.466 e. The van der Waals surface area contributed by atoms with E-state index >= 15 is 0 Å². The normalized spacial score (nSPS) is 13.0. The van der Waals surface area contributed by atoms with Crippen LogP contribution in [0.25, 0.3) is 0 Å². The summed E-state index contributed by atoms with van der Waals surface area (Å²) in [5, 5.41) is 10.0. The first-order valence-corrected chi connectivity index (χ1v) is 7.94. The Bertz CT molecular complexity index is 440. The first-order chi connectivity index (χ1) is 9.90. The molecule has 1 aromatic carbocycles. The number of halogens is 1. The summed E-state index contributed by atoms with van der Waals surface area (Å²) in [7, 11) is 0. The van der Waals surface area contributed by atoms with Gasteiger partial charge < -0.3 is 9.84 Å². The number of hydrogen-bond acceptors (Lipinski definition) is 3. The van der Waals surface area contributed by atoms with Crippen LogP contribution in [0.4, 0.5) is 0 Å². The van der Waals surface area contributed by atoms with Gasteiger partial charge in [0.25, 0.3) is 0 Å². The van der Waals surface area contributed by atoms with Gasteiger partial charge in [0, 0.05) is 11.3 Å². The minimum absolute atomic E-state index is 0.186. The van der Waals surface area contributed by atoms with Gasteiger partial charge in [-0.25, -0.2) is 0 Å². The number of rotatable bonds is 8. The summed E-state index contributed by atoms with van der Waals surface area (Å²) in [6.45, 7) is 6.24. The van der Waals surface area contributed by atoms with Crippen LogP contribution in [0.15, 0.2) is 24.3 Å². The predicted octanol–water partition coefficient (Wildman–Crippen LogP) is 3.97. The molecule has 118 valence electrons. The SMILES string of the molecule is CCOC(=O)CC(C)(C)c1ccc(C(O)CCCCl)cc1. The van der Waals surface area contributed by atoms with Crippen molar-refractivity contribution in [1.82, 2.24) is 0 Å². The smallest absolute Gasteiger partial charge is 0.306 e. The molecule has 0 radical (unpaired) electrons. The van der Waals surface area contributed by atoms with Crippen LogP contribution >= 0.6 is 11.6 Å². The van der Waals surface area contributed by atoms with Gasteiger partial charge in [-0.15, -0.1) is 11.6 Å². The van der Waals surface area contributed by atoms with Crippen molar-refractivity contribution in [3.05, 3.63) is 35.4 Å². The number of esters is 1. The minimum Gasteiger partial charge on any atom is -0.466 e. The van der Waals surface area contributed by atoms with Gasteiger partial charge in [0.2, 0.25) is 0 Å². The van der Waals surface area contributed by atoms with Crippen molar-refractivity contribution in [3.8, 4) is 0 Å². The van der Waals surface area contributed by atoms with E-state index in [1.54, 1.807) is 0 Å². The van der Waals surface area contributed by atoms with Crippen molar-refractivity contribution in [2.75, 3.05) is 12.5 Å². The van der Waals surface area contributed by atoms with Crippen molar-refractivity contribution in [3.63, 3.8) is 0 Å². The average molecular weight is 313 g/mol. The summed E-state index contributed by atoms with van der Waals surface area (Å²) >= 11 is 5.64. The van der Waals surface area contributed by atoms with Gasteiger partial charge in [-0.3, -0.25) is 4.79 Å². The highest BCUT2D eigenvalue weighted by atomic mass is 35.5. The lowest BCUT2D eigenvalue weighted by molar-refractivity contribution is -0.144. The van der Waals surface area contributed by atoms with Gasteiger partial charge in [-0.1, -0.05) is 38.1 Å². The van der Waals surface area contributed by atoms with E-state index in [1.807, 2.05) is 45.0 Å². The zero-order valence-electron chi connectivity index (χ0n) is 13.1. The lowest BCUT2D eigenvalue weighted by Gasteiger charge is -2.24. The second-order valence-electron chi connectivity index (χ2n) is 5.83. The molecule has 0 saturated carbocycles. The number of aliphatic hydroxyl groups is 1. The van der Waals surface area contributed by atoms with Gasteiger partial charge in [-0.05, 0) is 30.9 Å². The van der Waals surface area contributed by atoms with E-state index in [0.717, 1.165) is 17.5 Å². The topological polar surface area (TPSA) is 46.5 Å². The van der Waals surface area contributed by atoms with Crippen LogP contribution in [-0.4, -0.2) is 23.6 Å². The lowest BCUT2D eigenvalue weighted by atomic mass is 9.81. The number of aliphatic hydroxyl groups excluding tert-OH is 1. The Morgan fingerprint density at radius 2 is 1.95 bits per heavy atom. The van der Waals surface area contributed by atoms with Crippen molar-refractivity contribution in [2.45, 2.75) is 51.6 Å².